The van der Waals surface area contributed by atoms with Crippen LogP contribution in [0.1, 0.15) is 18.9 Å². The summed E-state index contributed by atoms with van der Waals surface area (Å²) in [6, 6.07) is 3.60. The third-order valence-corrected chi connectivity index (χ3v) is 3.78. The van der Waals surface area contributed by atoms with Crippen molar-refractivity contribution < 1.29 is 14.4 Å². The average molecular weight is 344 g/mol. The van der Waals surface area contributed by atoms with Gasteiger partial charge >= 0.3 is 6.03 Å². The van der Waals surface area contributed by atoms with Crippen molar-refractivity contribution >= 4 is 41.0 Å². The van der Waals surface area contributed by atoms with Gasteiger partial charge in [0.1, 0.15) is 6.04 Å². The van der Waals surface area contributed by atoms with Crippen LogP contribution in [0.4, 0.5) is 4.79 Å². The molecule has 6 nitrogen and oxygen atoms in total. The van der Waals surface area contributed by atoms with Gasteiger partial charge in [-0.15, -0.1) is 0 Å². The molecule has 0 aliphatic carbocycles. The maximum absolute atomic E-state index is 11.9. The number of hydrogen-bond acceptors (Lipinski definition) is 3. The van der Waals surface area contributed by atoms with Gasteiger partial charge in [-0.2, -0.15) is 0 Å². The zero-order chi connectivity index (χ0) is 16.3. The fourth-order valence-corrected chi connectivity index (χ4v) is 2.68. The molecule has 4 amide bonds. The Bertz CT molecular complexity index is 621. The standard InChI is InChI=1S/C14H15Cl2N3O3/c1-7(4-8-2-3-9(15)5-10(8)16)17-12(20)6-11-13(21)19-14(22)18-11/h2-3,5,7,11H,4,6H2,1H3,(H,17,20)(H2,18,19,21,22)/t7-,11-/m0/s1. The van der Waals surface area contributed by atoms with E-state index in [1.54, 1.807) is 18.2 Å². The molecule has 1 saturated heterocycles. The Morgan fingerprint density at radius 2 is 2.09 bits per heavy atom. The molecule has 8 heteroatoms. The van der Waals surface area contributed by atoms with Crippen LogP contribution in [0, 0.1) is 0 Å². The molecule has 0 bridgehead atoms. The number of rotatable bonds is 5. The van der Waals surface area contributed by atoms with Gasteiger partial charge in [0, 0.05) is 16.1 Å². The van der Waals surface area contributed by atoms with Crippen molar-refractivity contribution in [2.45, 2.75) is 31.8 Å². The summed E-state index contributed by atoms with van der Waals surface area (Å²) in [7, 11) is 0. The maximum Gasteiger partial charge on any atom is 0.322 e. The van der Waals surface area contributed by atoms with E-state index in [1.165, 1.54) is 0 Å². The van der Waals surface area contributed by atoms with Gasteiger partial charge in [0.2, 0.25) is 5.91 Å². The van der Waals surface area contributed by atoms with Crippen molar-refractivity contribution in [1.82, 2.24) is 16.0 Å². The second-order valence-electron chi connectivity index (χ2n) is 5.13. The molecule has 2 rings (SSSR count). The maximum atomic E-state index is 11.9. The molecule has 1 aliphatic rings. The molecule has 0 radical (unpaired) electrons. The summed E-state index contributed by atoms with van der Waals surface area (Å²) in [4.78, 5) is 34.2. The van der Waals surface area contributed by atoms with E-state index in [0.717, 1.165) is 5.56 Å². The first kappa shape index (κ1) is 16.6. The Labute approximate surface area is 137 Å². The van der Waals surface area contributed by atoms with Gasteiger partial charge < -0.3 is 10.6 Å². The lowest BCUT2D eigenvalue weighted by atomic mass is 10.1. The number of imide groups is 1. The Balaban J connectivity index is 1.86. The van der Waals surface area contributed by atoms with Crippen LogP contribution in [0.25, 0.3) is 0 Å². The molecular weight excluding hydrogens is 329 g/mol. The van der Waals surface area contributed by atoms with Crippen LogP contribution >= 0.6 is 23.2 Å². The number of carbonyl (C=O) groups is 3. The van der Waals surface area contributed by atoms with E-state index in [2.05, 4.69) is 16.0 Å². The molecular formula is C14H15Cl2N3O3. The van der Waals surface area contributed by atoms with E-state index in [9.17, 15) is 14.4 Å². The third kappa shape index (κ3) is 4.35. The summed E-state index contributed by atoms with van der Waals surface area (Å²) >= 11 is 11.9. The Kier molecular flexibility index (Phi) is 5.26. The van der Waals surface area contributed by atoms with E-state index in [1.807, 2.05) is 6.92 Å². The SMILES string of the molecule is C[C@@H](Cc1ccc(Cl)cc1Cl)NC(=O)C[C@@H]1NC(=O)NC1=O. The molecule has 1 aromatic carbocycles. The summed E-state index contributed by atoms with van der Waals surface area (Å²) in [5, 5.41) is 8.31. The van der Waals surface area contributed by atoms with Crippen molar-refractivity contribution in [2.24, 2.45) is 0 Å². The molecule has 0 unspecified atom stereocenters. The second kappa shape index (κ2) is 6.98. The van der Waals surface area contributed by atoms with E-state index >= 15 is 0 Å². The second-order valence-corrected chi connectivity index (χ2v) is 5.97. The van der Waals surface area contributed by atoms with Gasteiger partial charge in [-0.1, -0.05) is 29.3 Å². The highest BCUT2D eigenvalue weighted by atomic mass is 35.5. The van der Waals surface area contributed by atoms with Crippen LogP contribution in [-0.2, 0) is 16.0 Å². The van der Waals surface area contributed by atoms with Crippen LogP contribution in [0.3, 0.4) is 0 Å². The summed E-state index contributed by atoms with van der Waals surface area (Å²) in [6.07, 6.45) is 0.432. The molecule has 2 atom stereocenters. The minimum Gasteiger partial charge on any atom is -0.353 e. The lowest BCUT2D eigenvalue weighted by Gasteiger charge is -2.16. The van der Waals surface area contributed by atoms with Crippen molar-refractivity contribution in [2.75, 3.05) is 0 Å². The highest BCUT2D eigenvalue weighted by molar-refractivity contribution is 6.35. The first-order chi connectivity index (χ1) is 10.3. The summed E-state index contributed by atoms with van der Waals surface area (Å²) in [5.74, 6) is -0.812. The monoisotopic (exact) mass is 343 g/mol. The highest BCUT2D eigenvalue weighted by Crippen LogP contribution is 2.22. The first-order valence-corrected chi connectivity index (χ1v) is 7.45. The van der Waals surface area contributed by atoms with Crippen LogP contribution < -0.4 is 16.0 Å². The van der Waals surface area contributed by atoms with Gasteiger partial charge in [0.05, 0.1) is 6.42 Å². The Hall–Kier alpha value is -1.79. The minimum atomic E-state index is -0.821. The lowest BCUT2D eigenvalue weighted by molar-refractivity contribution is -0.126. The van der Waals surface area contributed by atoms with E-state index in [-0.39, 0.29) is 18.4 Å². The molecule has 1 heterocycles. The quantitative estimate of drug-likeness (QED) is 0.710. The minimum absolute atomic E-state index is 0.101. The number of halogens is 2. The van der Waals surface area contributed by atoms with Gasteiger partial charge in [0.15, 0.2) is 0 Å². The highest BCUT2D eigenvalue weighted by Gasteiger charge is 2.31. The molecule has 3 N–H and O–H groups in total. The van der Waals surface area contributed by atoms with Crippen molar-refractivity contribution in [3.8, 4) is 0 Å². The number of amides is 4. The van der Waals surface area contributed by atoms with E-state index in [4.69, 9.17) is 23.2 Å². The summed E-state index contributed by atoms with van der Waals surface area (Å²) in [6.45, 7) is 1.83. The van der Waals surface area contributed by atoms with Crippen molar-refractivity contribution in [3.05, 3.63) is 33.8 Å². The zero-order valence-corrected chi connectivity index (χ0v) is 13.3. The number of carbonyl (C=O) groups excluding carboxylic acids is 3. The lowest BCUT2D eigenvalue weighted by Crippen LogP contribution is -2.40. The smallest absolute Gasteiger partial charge is 0.322 e. The summed E-state index contributed by atoms with van der Waals surface area (Å²) < 4.78 is 0. The number of hydrogen-bond donors (Lipinski definition) is 3. The van der Waals surface area contributed by atoms with Crippen LogP contribution in [0.5, 0.6) is 0 Å². The summed E-state index contributed by atoms with van der Waals surface area (Å²) in [5.41, 5.74) is 0.866. The largest absolute Gasteiger partial charge is 0.353 e. The number of benzene rings is 1. The molecule has 1 fully saturated rings. The van der Waals surface area contributed by atoms with Crippen molar-refractivity contribution in [1.29, 1.82) is 0 Å². The van der Waals surface area contributed by atoms with Gasteiger partial charge in [-0.25, -0.2) is 4.79 Å². The fraction of sp³-hybridized carbons (Fsp3) is 0.357. The molecule has 1 aromatic rings. The average Bonchev–Trinajstić information content (AvgIpc) is 2.71. The molecule has 22 heavy (non-hydrogen) atoms. The van der Waals surface area contributed by atoms with Crippen LogP contribution in [0.2, 0.25) is 10.0 Å². The third-order valence-electron chi connectivity index (χ3n) is 3.20. The van der Waals surface area contributed by atoms with Gasteiger partial charge in [0.25, 0.3) is 5.91 Å². The predicted octanol–water partition coefficient (Wildman–Crippen LogP) is 1.64. The van der Waals surface area contributed by atoms with Crippen LogP contribution in [0.15, 0.2) is 18.2 Å². The predicted molar refractivity (Wildman–Crippen MR) is 82.9 cm³/mol. The topological polar surface area (TPSA) is 87.3 Å². The number of nitrogens with one attached hydrogen (secondary N) is 3. The Morgan fingerprint density at radius 3 is 2.68 bits per heavy atom. The fourth-order valence-electron chi connectivity index (χ4n) is 2.19. The van der Waals surface area contributed by atoms with Gasteiger partial charge in [-0.05, 0) is 31.0 Å². The van der Waals surface area contributed by atoms with E-state index in [0.29, 0.717) is 16.5 Å². The molecule has 118 valence electrons. The Morgan fingerprint density at radius 1 is 1.36 bits per heavy atom. The number of urea groups is 1. The van der Waals surface area contributed by atoms with Crippen LogP contribution in [-0.4, -0.2) is 29.9 Å². The molecule has 0 aromatic heterocycles. The molecule has 1 aliphatic heterocycles. The molecule has 0 spiro atoms. The molecule has 0 saturated carbocycles. The van der Waals surface area contributed by atoms with Crippen molar-refractivity contribution in [3.63, 3.8) is 0 Å². The normalized spacial score (nSPS) is 18.6. The zero-order valence-electron chi connectivity index (χ0n) is 11.8. The van der Waals surface area contributed by atoms with E-state index < -0.39 is 18.0 Å². The first-order valence-electron chi connectivity index (χ1n) is 6.70. The van der Waals surface area contributed by atoms with Gasteiger partial charge in [-0.3, -0.25) is 14.9 Å².